The second-order valence-corrected chi connectivity index (χ2v) is 22.4. The lowest BCUT2D eigenvalue weighted by atomic mass is 9.93. The molecular weight excluding hydrogens is 1050 g/mol. The average molecular weight is 1110 g/mol. The molecule has 16 rings (SSSR count). The number of anilines is 3. The van der Waals surface area contributed by atoms with Gasteiger partial charge in [0, 0.05) is 64.6 Å². The highest BCUT2D eigenvalue weighted by Crippen LogP contribution is 2.57. The number of hydrogen-bond donors (Lipinski definition) is 4. The van der Waals surface area contributed by atoms with Gasteiger partial charge in [0.2, 0.25) is 17.8 Å². The SMILES string of the molecule is COc1cccc2c1nc(N)n1nc(C3CC3C3=CN4C(=NN(C)C4c4ccc5c(nc(N)n6nc(C7CC7c7cccc(COc8cccc9c8nc(N)n8nc(C%10CC%10c%10ccc(C)nc%10)nc98)c7C(C)O)nc56)c4OC)C=C3)nc21. The molecule has 0 saturated heterocycles. The summed E-state index contributed by atoms with van der Waals surface area (Å²) in [4.78, 5) is 36.1. The van der Waals surface area contributed by atoms with Crippen molar-refractivity contribution in [3.05, 3.63) is 160 Å². The van der Waals surface area contributed by atoms with Gasteiger partial charge >= 0.3 is 0 Å². The van der Waals surface area contributed by atoms with Crippen LogP contribution in [0.5, 0.6) is 17.2 Å². The summed E-state index contributed by atoms with van der Waals surface area (Å²) in [5, 5.41) is 35.3. The van der Waals surface area contributed by atoms with Gasteiger partial charge in [0.05, 0.1) is 20.3 Å². The van der Waals surface area contributed by atoms with Crippen molar-refractivity contribution < 1.29 is 19.3 Å². The van der Waals surface area contributed by atoms with Crippen molar-refractivity contribution in [3.8, 4) is 17.2 Å². The molecule has 0 radical (unpaired) electrons. The van der Waals surface area contributed by atoms with Gasteiger partial charge in [-0.25, -0.2) is 29.9 Å². The van der Waals surface area contributed by atoms with Crippen LogP contribution in [0.15, 0.2) is 114 Å². The molecule has 7 aromatic heterocycles. The second-order valence-electron chi connectivity index (χ2n) is 22.4. The van der Waals surface area contributed by atoms with Crippen LogP contribution in [0, 0.1) is 12.8 Å². The number of methoxy groups -OCH3 is 2. The first-order valence-electron chi connectivity index (χ1n) is 27.7. The third kappa shape index (κ3) is 7.62. The van der Waals surface area contributed by atoms with Crippen LogP contribution in [0.4, 0.5) is 17.8 Å². The lowest BCUT2D eigenvalue weighted by molar-refractivity contribution is 0.191. The molecule has 3 fully saturated rings. The number of nitrogens with zero attached hydrogens (tertiary/aromatic N) is 16. The van der Waals surface area contributed by atoms with Crippen molar-refractivity contribution in [2.75, 3.05) is 38.5 Å². The minimum Gasteiger partial charge on any atom is -0.494 e. The largest absolute Gasteiger partial charge is 0.494 e. The van der Waals surface area contributed by atoms with Crippen LogP contribution in [0.25, 0.3) is 49.7 Å². The zero-order valence-electron chi connectivity index (χ0n) is 45.8. The number of aryl methyl sites for hydroxylation is 1. The zero-order chi connectivity index (χ0) is 56.3. The monoisotopic (exact) mass is 1110 g/mol. The number of aliphatic hydroxyl groups is 1. The van der Waals surface area contributed by atoms with Crippen molar-refractivity contribution in [2.45, 2.75) is 81.6 Å². The highest BCUT2D eigenvalue weighted by Gasteiger charge is 2.47. The van der Waals surface area contributed by atoms with E-state index in [1.54, 1.807) is 34.7 Å². The van der Waals surface area contributed by atoms with Gasteiger partial charge < -0.3 is 41.4 Å². The van der Waals surface area contributed by atoms with E-state index in [1.165, 1.54) is 5.56 Å². The molecule has 8 unspecified atom stereocenters. The number of aromatic nitrogens is 13. The Kier molecular flexibility index (Phi) is 10.6. The molecule has 9 heterocycles. The van der Waals surface area contributed by atoms with Crippen LogP contribution in [-0.4, -0.2) is 106 Å². The minimum atomic E-state index is -0.789. The molecule has 0 bridgehead atoms. The number of amidine groups is 1. The Labute approximate surface area is 472 Å². The van der Waals surface area contributed by atoms with Gasteiger partial charge in [0.15, 0.2) is 52.2 Å². The molecule has 3 aliphatic carbocycles. The number of fused-ring (bicyclic) bond motifs is 10. The van der Waals surface area contributed by atoms with Crippen LogP contribution < -0.4 is 31.4 Å². The van der Waals surface area contributed by atoms with Gasteiger partial charge in [0.25, 0.3) is 0 Å². The average Bonchev–Trinajstić information content (AvgIpc) is 3.24. The van der Waals surface area contributed by atoms with Crippen molar-refractivity contribution in [3.63, 3.8) is 0 Å². The van der Waals surface area contributed by atoms with Crippen LogP contribution in [-0.2, 0) is 6.61 Å². The summed E-state index contributed by atoms with van der Waals surface area (Å²) < 4.78 is 23.2. The van der Waals surface area contributed by atoms with Crippen LogP contribution in [0.1, 0.15) is 119 Å². The van der Waals surface area contributed by atoms with E-state index in [2.05, 4.69) is 39.3 Å². The number of pyridine rings is 1. The van der Waals surface area contributed by atoms with E-state index in [4.69, 9.17) is 76.7 Å². The van der Waals surface area contributed by atoms with Gasteiger partial charge in [-0.3, -0.25) is 9.99 Å². The molecule has 23 heteroatoms. The normalized spacial score (nSPS) is 22.0. The van der Waals surface area contributed by atoms with Gasteiger partial charge in [-0.15, -0.1) is 15.3 Å². The Balaban J connectivity index is 0.652. The zero-order valence-corrected chi connectivity index (χ0v) is 45.8. The number of nitrogen functional groups attached to an aromatic ring is 3. The van der Waals surface area contributed by atoms with Crippen LogP contribution in [0.2, 0.25) is 0 Å². The van der Waals surface area contributed by atoms with E-state index in [0.717, 1.165) is 86.4 Å². The van der Waals surface area contributed by atoms with Crippen molar-refractivity contribution in [1.29, 1.82) is 0 Å². The molecule has 4 aromatic carbocycles. The predicted molar refractivity (Wildman–Crippen MR) is 310 cm³/mol. The summed E-state index contributed by atoms with van der Waals surface area (Å²) in [5.41, 5.74) is 30.2. The van der Waals surface area contributed by atoms with Crippen molar-refractivity contribution in [2.24, 2.45) is 11.0 Å². The molecule has 8 atom stereocenters. The molecule has 11 aromatic rings. The fourth-order valence-electron chi connectivity index (χ4n) is 12.9. The summed E-state index contributed by atoms with van der Waals surface area (Å²) in [5.74, 6) is 5.99. The number of benzene rings is 4. The Morgan fingerprint density at radius 2 is 1.20 bits per heavy atom. The summed E-state index contributed by atoms with van der Waals surface area (Å²) in [6, 6.07) is 25.8. The highest BCUT2D eigenvalue weighted by atomic mass is 16.5. The summed E-state index contributed by atoms with van der Waals surface area (Å²) in [6.07, 6.45) is 9.73. The first-order valence-corrected chi connectivity index (χ1v) is 27.7. The Morgan fingerprint density at radius 3 is 1.84 bits per heavy atom. The van der Waals surface area contributed by atoms with E-state index >= 15 is 0 Å². The maximum Gasteiger partial charge on any atom is 0.223 e. The fourth-order valence-corrected chi connectivity index (χ4v) is 12.9. The lowest BCUT2D eigenvalue weighted by Crippen LogP contribution is -2.31. The van der Waals surface area contributed by atoms with Crippen LogP contribution in [0.3, 0.4) is 0 Å². The number of allylic oxidation sites excluding steroid dienone is 2. The van der Waals surface area contributed by atoms with E-state index in [9.17, 15) is 5.11 Å². The minimum absolute atomic E-state index is 0.0349. The second kappa shape index (κ2) is 18.0. The van der Waals surface area contributed by atoms with E-state index < -0.39 is 6.10 Å². The summed E-state index contributed by atoms with van der Waals surface area (Å²) in [7, 11) is 5.21. The standard InChI is InChI=1S/C60H55N19O4/c1-27-15-16-29(24-64-27)37-21-40(37)51-68-55-34-12-8-14-44(48(34)66-59(62)78(55)72-51)83-26-31-9-6-10-32(46(31)28(2)80)39-23-42(39)53-70-56-35-18-19-36(50(82-5)49(35)67-60(63)79(56)74-53)57-75(3)71-45-20-17-30(25-76(45)57)38-22-41(38)52-69-54-33-11-7-13-43(81-4)47(33)65-58(61)77(54)73-52/h6-20,24-25,28,37-42,57,80H,21-23,26H2,1-5H3,(H2,61,65)(H2,62,66)(H2,63,67). The molecule has 414 valence electrons. The topological polar surface area (TPSA) is 287 Å². The molecule has 0 amide bonds. The van der Waals surface area contributed by atoms with E-state index in [0.29, 0.717) is 62.5 Å². The quantitative estimate of drug-likeness (QED) is 0.0852. The van der Waals surface area contributed by atoms with Crippen molar-refractivity contribution in [1.82, 2.24) is 73.6 Å². The fraction of sp³-hybridized carbons (Fsp3) is 0.283. The van der Waals surface area contributed by atoms with Gasteiger partial charge in [-0.2, -0.15) is 18.6 Å². The number of ether oxygens (including phenoxy) is 3. The molecule has 2 aliphatic heterocycles. The molecule has 23 nitrogen and oxygen atoms in total. The first-order chi connectivity index (χ1) is 40.4. The Hall–Kier alpha value is -10.0. The van der Waals surface area contributed by atoms with E-state index in [-0.39, 0.29) is 60.2 Å². The van der Waals surface area contributed by atoms with Gasteiger partial charge in [-0.05, 0) is 121 Å². The van der Waals surface area contributed by atoms with Crippen molar-refractivity contribution >= 4 is 73.3 Å². The lowest BCUT2D eigenvalue weighted by Gasteiger charge is -2.30. The smallest absolute Gasteiger partial charge is 0.223 e. The number of hydrazone groups is 1. The third-order valence-electron chi connectivity index (χ3n) is 17.2. The number of nitrogens with two attached hydrogens (primary N) is 3. The molecule has 7 N–H and O–H groups in total. The Morgan fingerprint density at radius 1 is 0.614 bits per heavy atom. The van der Waals surface area contributed by atoms with Crippen LogP contribution >= 0.6 is 0 Å². The number of hydrogen-bond acceptors (Lipinski definition) is 20. The highest BCUT2D eigenvalue weighted by molar-refractivity contribution is 6.00. The number of aliphatic hydroxyl groups excluding tert-OH is 1. The Bertz CT molecular complexity index is 4660. The summed E-state index contributed by atoms with van der Waals surface area (Å²) in [6.45, 7) is 3.95. The molecular formula is C60H55N19O4. The maximum absolute atomic E-state index is 11.5. The van der Waals surface area contributed by atoms with E-state index in [1.807, 2.05) is 98.0 Å². The molecule has 3 saturated carbocycles. The van der Waals surface area contributed by atoms with Gasteiger partial charge in [0.1, 0.15) is 34.7 Å². The molecule has 0 spiro atoms. The molecule has 5 aliphatic rings. The number of rotatable bonds is 13. The number of para-hydroxylation sites is 2. The predicted octanol–water partition coefficient (Wildman–Crippen LogP) is 7.92. The maximum atomic E-state index is 11.5. The first kappa shape index (κ1) is 48.8. The summed E-state index contributed by atoms with van der Waals surface area (Å²) >= 11 is 0. The molecule has 83 heavy (non-hydrogen) atoms. The van der Waals surface area contributed by atoms with Gasteiger partial charge in [-0.1, -0.05) is 48.5 Å². The third-order valence-corrected chi connectivity index (χ3v) is 17.2.